The number of benzene rings is 1. The van der Waals surface area contributed by atoms with Crippen LogP contribution in [-0.4, -0.2) is 27.1 Å². The van der Waals surface area contributed by atoms with E-state index in [9.17, 15) is 9.90 Å². The van der Waals surface area contributed by atoms with E-state index in [1.54, 1.807) is 0 Å². The number of hydrogen-bond donors (Lipinski definition) is 3. The van der Waals surface area contributed by atoms with E-state index in [1.165, 1.54) is 51.4 Å². The number of fused-ring (bicyclic) bond motifs is 7. The van der Waals surface area contributed by atoms with E-state index >= 15 is 0 Å². The zero-order valence-electron chi connectivity index (χ0n) is 27.4. The Bertz CT molecular complexity index is 1380. The maximum absolute atomic E-state index is 14.8. The van der Waals surface area contributed by atoms with Crippen molar-refractivity contribution in [2.45, 2.75) is 129 Å². The summed E-state index contributed by atoms with van der Waals surface area (Å²) < 4.78 is 0. The number of rotatable bonds is 4. The van der Waals surface area contributed by atoms with Gasteiger partial charge in [0, 0.05) is 0 Å². The zero-order valence-corrected chi connectivity index (χ0v) is 27.4. The Kier molecular flexibility index (Phi) is 6.95. The van der Waals surface area contributed by atoms with E-state index in [2.05, 4.69) is 55.3 Å². The highest BCUT2D eigenvalue weighted by Gasteiger charge is 2.66. The summed E-state index contributed by atoms with van der Waals surface area (Å²) in [6, 6.07) is 10.4. The molecular weight excluding hydrogens is 542 g/mol. The molecule has 2 aromatic rings. The average Bonchev–Trinajstić information content (AvgIpc) is 3.80. The topological polar surface area (TPSA) is 78.0 Å². The summed E-state index contributed by atoms with van der Waals surface area (Å²) in [5.41, 5.74) is 2.32. The van der Waals surface area contributed by atoms with Gasteiger partial charge >= 0.3 is 0 Å². The van der Waals surface area contributed by atoms with Crippen molar-refractivity contribution in [3.8, 4) is 11.3 Å². The lowest BCUT2D eigenvalue weighted by atomic mass is 9.37. The molecule has 1 heterocycles. The van der Waals surface area contributed by atoms with Gasteiger partial charge in [-0.05, 0) is 129 Å². The van der Waals surface area contributed by atoms with Crippen LogP contribution in [0.4, 0.5) is 0 Å². The quantitative estimate of drug-likeness (QED) is 0.331. The lowest BCUT2D eigenvalue weighted by Crippen LogP contribution is -2.62. The van der Waals surface area contributed by atoms with Crippen molar-refractivity contribution < 1.29 is 9.90 Å². The van der Waals surface area contributed by atoms with E-state index < -0.39 is 0 Å². The van der Waals surface area contributed by atoms with Gasteiger partial charge in [-0.2, -0.15) is 0 Å². The molecule has 0 aliphatic heterocycles. The first-order chi connectivity index (χ1) is 21.2. The van der Waals surface area contributed by atoms with Gasteiger partial charge in [-0.3, -0.25) is 4.79 Å². The van der Waals surface area contributed by atoms with Crippen LogP contribution in [0.5, 0.6) is 0 Å². The van der Waals surface area contributed by atoms with Gasteiger partial charge in [0.05, 0.1) is 28.9 Å². The molecule has 1 aromatic heterocycles. The van der Waals surface area contributed by atoms with Crippen LogP contribution in [0, 0.1) is 51.8 Å². The van der Waals surface area contributed by atoms with Crippen LogP contribution in [0.1, 0.15) is 123 Å². The van der Waals surface area contributed by atoms with Gasteiger partial charge in [0.1, 0.15) is 5.82 Å². The molecule has 1 amide bonds. The van der Waals surface area contributed by atoms with Gasteiger partial charge in [0.15, 0.2) is 0 Å². The third-order valence-corrected chi connectivity index (χ3v) is 15.4. The second kappa shape index (κ2) is 10.4. The predicted molar refractivity (Wildman–Crippen MR) is 174 cm³/mol. The second-order valence-corrected chi connectivity index (χ2v) is 17.0. The Morgan fingerprint density at radius 3 is 2.36 bits per heavy atom. The fraction of sp³-hybridized carbons (Fsp3) is 0.744. The molecule has 0 saturated heterocycles. The van der Waals surface area contributed by atoms with E-state index in [-0.39, 0.29) is 17.1 Å². The molecular formula is C39H55N3O2. The van der Waals surface area contributed by atoms with Crippen molar-refractivity contribution in [1.29, 1.82) is 0 Å². The van der Waals surface area contributed by atoms with Crippen LogP contribution in [0.15, 0.2) is 36.5 Å². The lowest BCUT2D eigenvalue weighted by Gasteiger charge is -2.67. The smallest absolute Gasteiger partial charge is 0.227 e. The number of H-pyrrole nitrogens is 1. The molecule has 6 aliphatic rings. The Hall–Kier alpha value is -2.14. The van der Waals surface area contributed by atoms with Gasteiger partial charge in [0.2, 0.25) is 5.91 Å². The van der Waals surface area contributed by atoms with Gasteiger partial charge in [-0.15, -0.1) is 0 Å². The van der Waals surface area contributed by atoms with E-state index in [4.69, 9.17) is 4.98 Å². The van der Waals surface area contributed by atoms with Crippen LogP contribution in [-0.2, 0) is 10.3 Å². The first-order valence-electron chi connectivity index (χ1n) is 18.3. The summed E-state index contributed by atoms with van der Waals surface area (Å²) in [5.74, 6) is 5.07. The van der Waals surface area contributed by atoms with Gasteiger partial charge < -0.3 is 15.4 Å². The number of carbonyl (C=O) groups excluding carboxylic acids is 1. The molecule has 0 spiro atoms. The van der Waals surface area contributed by atoms with Crippen molar-refractivity contribution in [3.05, 3.63) is 42.4 Å². The minimum absolute atomic E-state index is 0.115. The maximum Gasteiger partial charge on any atom is 0.227 e. The number of aliphatic hydroxyl groups excluding tert-OH is 1. The van der Waals surface area contributed by atoms with E-state index in [0.29, 0.717) is 40.4 Å². The minimum atomic E-state index is -0.373. The fourth-order valence-electron chi connectivity index (χ4n) is 13.3. The molecule has 0 bridgehead atoms. The molecule has 6 aliphatic carbocycles. The Labute approximate surface area is 264 Å². The SMILES string of the molecule is CC1C(O)CCC2(C)C1CCC1(C)C3CCC4(C(=O)NC5(c6ncc(-c7ccccc7)[nH]6)CCCC5)CCCC4C3CCC21. The molecule has 8 rings (SSSR count). The maximum atomic E-state index is 14.8. The molecule has 0 radical (unpaired) electrons. The van der Waals surface area contributed by atoms with Crippen LogP contribution in [0.3, 0.4) is 0 Å². The molecule has 10 atom stereocenters. The van der Waals surface area contributed by atoms with E-state index in [0.717, 1.165) is 73.9 Å². The molecule has 44 heavy (non-hydrogen) atoms. The third-order valence-electron chi connectivity index (χ3n) is 15.4. The van der Waals surface area contributed by atoms with Crippen LogP contribution in [0.25, 0.3) is 11.3 Å². The highest BCUT2D eigenvalue weighted by molar-refractivity contribution is 5.84. The number of aliphatic hydroxyl groups is 1. The number of imidazole rings is 1. The van der Waals surface area contributed by atoms with Crippen LogP contribution >= 0.6 is 0 Å². The number of aromatic nitrogens is 2. The highest BCUT2D eigenvalue weighted by atomic mass is 16.3. The monoisotopic (exact) mass is 597 g/mol. The minimum Gasteiger partial charge on any atom is -0.393 e. The van der Waals surface area contributed by atoms with Crippen molar-refractivity contribution >= 4 is 5.91 Å². The van der Waals surface area contributed by atoms with Crippen LogP contribution in [0.2, 0.25) is 0 Å². The normalized spacial score (nSPS) is 44.2. The Balaban J connectivity index is 1.05. The molecule has 5 nitrogen and oxygen atoms in total. The largest absolute Gasteiger partial charge is 0.393 e. The van der Waals surface area contributed by atoms with Crippen molar-refractivity contribution in [2.75, 3.05) is 0 Å². The molecule has 238 valence electrons. The average molecular weight is 598 g/mol. The lowest BCUT2D eigenvalue weighted by molar-refractivity contribution is -0.196. The zero-order chi connectivity index (χ0) is 30.3. The number of nitrogens with one attached hydrogen (secondary N) is 2. The predicted octanol–water partition coefficient (Wildman–Crippen LogP) is 8.40. The van der Waals surface area contributed by atoms with Crippen molar-refractivity contribution in [3.63, 3.8) is 0 Å². The molecule has 3 N–H and O–H groups in total. The molecule has 1 aromatic carbocycles. The highest BCUT2D eigenvalue weighted by Crippen LogP contribution is 2.71. The molecule has 6 saturated carbocycles. The first kappa shape index (κ1) is 29.3. The second-order valence-electron chi connectivity index (χ2n) is 17.0. The van der Waals surface area contributed by atoms with Gasteiger partial charge in [-0.25, -0.2) is 4.98 Å². The van der Waals surface area contributed by atoms with Gasteiger partial charge in [-0.1, -0.05) is 70.4 Å². The summed E-state index contributed by atoms with van der Waals surface area (Å²) in [4.78, 5) is 23.3. The fourth-order valence-corrected chi connectivity index (χ4v) is 13.3. The summed E-state index contributed by atoms with van der Waals surface area (Å²) in [6.07, 6.45) is 19.2. The Morgan fingerprint density at radius 1 is 0.841 bits per heavy atom. The summed E-state index contributed by atoms with van der Waals surface area (Å²) >= 11 is 0. The Morgan fingerprint density at radius 2 is 1.57 bits per heavy atom. The number of amides is 1. The summed E-state index contributed by atoms with van der Waals surface area (Å²) in [7, 11) is 0. The standard InChI is InChI=1S/C39H55N3O2/c1-25-28-15-21-37(3)29-16-23-38(18-9-12-30(38)27(29)13-14-33(37)36(28,2)22-17-32(25)43)35(44)42-39(19-7-8-20-39)34-40-24-31(41-34)26-10-5-4-6-11-26/h4-6,10-11,24-25,27-30,32-33,43H,7-9,12-23H2,1-3H3,(H,40,41)(H,42,44). The summed E-state index contributed by atoms with van der Waals surface area (Å²) in [5, 5.41) is 14.5. The molecule has 10 unspecified atom stereocenters. The molecule has 6 fully saturated rings. The number of nitrogens with zero attached hydrogens (tertiary/aromatic N) is 1. The number of hydrogen-bond acceptors (Lipinski definition) is 3. The summed E-state index contributed by atoms with van der Waals surface area (Å²) in [6.45, 7) is 7.61. The first-order valence-corrected chi connectivity index (χ1v) is 18.3. The van der Waals surface area contributed by atoms with Crippen LogP contribution < -0.4 is 5.32 Å². The van der Waals surface area contributed by atoms with Crippen molar-refractivity contribution in [2.24, 2.45) is 51.8 Å². The van der Waals surface area contributed by atoms with Crippen molar-refractivity contribution in [1.82, 2.24) is 15.3 Å². The third kappa shape index (κ3) is 4.12. The number of carbonyl (C=O) groups is 1. The van der Waals surface area contributed by atoms with E-state index in [1.807, 2.05) is 12.3 Å². The molecule has 5 heteroatoms. The number of aromatic amines is 1. The van der Waals surface area contributed by atoms with Gasteiger partial charge in [0.25, 0.3) is 0 Å².